The Labute approximate surface area is 163 Å². The highest BCUT2D eigenvalue weighted by atomic mass is 35.5. The summed E-state index contributed by atoms with van der Waals surface area (Å²) in [5, 5.41) is 15.8. The largest absolute Gasteiger partial charge is 0.417 e. The molecule has 0 aliphatic heterocycles. The third kappa shape index (κ3) is 3.65. The molecule has 138 valence electrons. The molecule has 28 heavy (non-hydrogen) atoms. The molecule has 4 rings (SSSR count). The van der Waals surface area contributed by atoms with Crippen LogP contribution < -0.4 is 16.4 Å². The minimum atomic E-state index is -0.505. The number of nitrogens with one attached hydrogen (secondary N) is 3. The van der Waals surface area contributed by atoms with Gasteiger partial charge in [-0.05, 0) is 43.3 Å². The highest BCUT2D eigenvalue weighted by Crippen LogP contribution is 2.24. The maximum absolute atomic E-state index is 11.3. The fraction of sp³-hybridized carbons (Fsp3) is 0.0526. The number of rotatable bonds is 4. The van der Waals surface area contributed by atoms with Gasteiger partial charge < -0.3 is 15.1 Å². The quantitative estimate of drug-likeness (QED) is 0.475. The Balaban J connectivity index is 1.62. The van der Waals surface area contributed by atoms with Gasteiger partial charge in [0.15, 0.2) is 5.58 Å². The van der Waals surface area contributed by atoms with Crippen LogP contribution in [0.4, 0.5) is 23.1 Å². The fourth-order valence-electron chi connectivity index (χ4n) is 2.65. The van der Waals surface area contributed by atoms with Gasteiger partial charge in [-0.2, -0.15) is 10.2 Å². The lowest BCUT2D eigenvalue weighted by atomic mass is 10.2. The number of fused-ring (bicyclic) bond motifs is 1. The van der Waals surface area contributed by atoms with E-state index in [4.69, 9.17) is 21.3 Å². The topological polar surface area (TPSA) is 120 Å². The van der Waals surface area contributed by atoms with E-state index in [-0.39, 0.29) is 0 Å². The van der Waals surface area contributed by atoms with Gasteiger partial charge in [0, 0.05) is 28.2 Å². The van der Waals surface area contributed by atoms with Crippen molar-refractivity contribution in [3.63, 3.8) is 0 Å². The van der Waals surface area contributed by atoms with Crippen molar-refractivity contribution in [1.29, 1.82) is 5.26 Å². The summed E-state index contributed by atoms with van der Waals surface area (Å²) in [6.07, 6.45) is 1.67. The molecule has 0 saturated carbocycles. The molecule has 0 aliphatic carbocycles. The van der Waals surface area contributed by atoms with Gasteiger partial charge in [0.2, 0.25) is 5.95 Å². The zero-order chi connectivity index (χ0) is 19.7. The lowest BCUT2D eigenvalue weighted by Gasteiger charge is -2.11. The molecule has 0 amide bonds. The van der Waals surface area contributed by atoms with Crippen LogP contribution >= 0.6 is 11.6 Å². The average Bonchev–Trinajstić information content (AvgIpc) is 3.03. The number of aryl methyl sites for hydroxylation is 1. The standard InChI is InChI=1S/C19H13ClN6O2/c1-10-9-22-18(24-14-5-11(8-21)4-12(20)6-14)26-17(10)23-13-2-3-16-15(7-13)25-19(27)28-16/h2-7,9H,1H3,(H,25,27)(H2,22,23,24,26). The molecule has 3 N–H and O–H groups in total. The molecular formula is C19H13ClN6O2. The lowest BCUT2D eigenvalue weighted by Crippen LogP contribution is -2.03. The summed E-state index contributed by atoms with van der Waals surface area (Å²) >= 11 is 6.03. The molecule has 0 spiro atoms. The van der Waals surface area contributed by atoms with Gasteiger partial charge in [0.05, 0.1) is 17.1 Å². The van der Waals surface area contributed by atoms with Crippen LogP contribution in [0.3, 0.4) is 0 Å². The Hall–Kier alpha value is -3.83. The number of anilines is 4. The number of oxazole rings is 1. The number of nitriles is 1. The second-order valence-electron chi connectivity index (χ2n) is 6.04. The number of hydrogen-bond acceptors (Lipinski definition) is 7. The van der Waals surface area contributed by atoms with E-state index in [1.807, 2.05) is 6.92 Å². The summed E-state index contributed by atoms with van der Waals surface area (Å²) in [6, 6.07) is 12.2. The Morgan fingerprint density at radius 2 is 2.04 bits per heavy atom. The van der Waals surface area contributed by atoms with Crippen LogP contribution in [0.2, 0.25) is 5.02 Å². The van der Waals surface area contributed by atoms with Crippen LogP contribution in [0.25, 0.3) is 11.1 Å². The second kappa shape index (κ2) is 7.06. The van der Waals surface area contributed by atoms with Gasteiger partial charge in [-0.15, -0.1) is 0 Å². The normalized spacial score (nSPS) is 10.6. The van der Waals surface area contributed by atoms with E-state index in [1.54, 1.807) is 42.6 Å². The molecular weight excluding hydrogens is 380 g/mol. The van der Waals surface area contributed by atoms with Gasteiger partial charge in [0.1, 0.15) is 5.82 Å². The van der Waals surface area contributed by atoms with Crippen molar-refractivity contribution in [1.82, 2.24) is 15.0 Å². The zero-order valence-electron chi connectivity index (χ0n) is 14.6. The van der Waals surface area contributed by atoms with Crippen molar-refractivity contribution in [2.24, 2.45) is 0 Å². The Morgan fingerprint density at radius 1 is 1.18 bits per heavy atom. The summed E-state index contributed by atoms with van der Waals surface area (Å²) in [7, 11) is 0. The van der Waals surface area contributed by atoms with Crippen LogP contribution in [-0.4, -0.2) is 15.0 Å². The minimum absolute atomic E-state index is 0.344. The lowest BCUT2D eigenvalue weighted by molar-refractivity contribution is 0.555. The zero-order valence-corrected chi connectivity index (χ0v) is 15.3. The number of aromatic amines is 1. The van der Waals surface area contributed by atoms with Crippen LogP contribution in [-0.2, 0) is 0 Å². The number of halogens is 1. The van der Waals surface area contributed by atoms with Gasteiger partial charge in [0.25, 0.3) is 0 Å². The molecule has 2 heterocycles. The molecule has 0 bridgehead atoms. The van der Waals surface area contributed by atoms with Crippen molar-refractivity contribution >= 4 is 45.8 Å². The SMILES string of the molecule is Cc1cnc(Nc2cc(Cl)cc(C#N)c2)nc1Nc1ccc2oc(=O)[nH]c2c1. The fourth-order valence-corrected chi connectivity index (χ4v) is 2.89. The van der Waals surface area contributed by atoms with Crippen LogP contribution in [0.5, 0.6) is 0 Å². The first-order valence-corrected chi connectivity index (χ1v) is 8.59. The van der Waals surface area contributed by atoms with Gasteiger partial charge in [-0.3, -0.25) is 4.98 Å². The summed E-state index contributed by atoms with van der Waals surface area (Å²) in [5.74, 6) is 0.428. The van der Waals surface area contributed by atoms with Crippen LogP contribution in [0.1, 0.15) is 11.1 Å². The molecule has 0 aliphatic rings. The molecule has 0 unspecified atom stereocenters. The third-order valence-corrected chi connectivity index (χ3v) is 4.15. The highest BCUT2D eigenvalue weighted by molar-refractivity contribution is 6.31. The number of hydrogen-bond donors (Lipinski definition) is 3. The van der Waals surface area contributed by atoms with Crippen molar-refractivity contribution in [2.75, 3.05) is 10.6 Å². The van der Waals surface area contributed by atoms with Gasteiger partial charge >= 0.3 is 5.76 Å². The number of benzene rings is 2. The number of nitrogens with zero attached hydrogens (tertiary/aromatic N) is 3. The third-order valence-electron chi connectivity index (χ3n) is 3.94. The summed E-state index contributed by atoms with van der Waals surface area (Å²) in [6.45, 7) is 1.87. The van der Waals surface area contributed by atoms with E-state index in [0.29, 0.717) is 39.1 Å². The molecule has 0 atom stereocenters. The van der Waals surface area contributed by atoms with Gasteiger partial charge in [-0.1, -0.05) is 11.6 Å². The monoisotopic (exact) mass is 392 g/mol. The number of aromatic nitrogens is 3. The predicted molar refractivity (Wildman–Crippen MR) is 106 cm³/mol. The first kappa shape index (κ1) is 17.6. The van der Waals surface area contributed by atoms with Crippen molar-refractivity contribution in [3.05, 3.63) is 69.3 Å². The van der Waals surface area contributed by atoms with Crippen LogP contribution in [0, 0.1) is 18.3 Å². The smallest absolute Gasteiger partial charge is 0.408 e. The maximum Gasteiger partial charge on any atom is 0.417 e. The van der Waals surface area contributed by atoms with E-state index >= 15 is 0 Å². The second-order valence-corrected chi connectivity index (χ2v) is 6.48. The summed E-state index contributed by atoms with van der Waals surface area (Å²) < 4.78 is 5.00. The van der Waals surface area contributed by atoms with Crippen molar-refractivity contribution in [3.8, 4) is 6.07 Å². The Morgan fingerprint density at radius 3 is 2.86 bits per heavy atom. The molecule has 4 aromatic rings. The van der Waals surface area contributed by atoms with E-state index in [2.05, 4.69) is 31.7 Å². The van der Waals surface area contributed by atoms with E-state index in [0.717, 1.165) is 11.3 Å². The average molecular weight is 393 g/mol. The van der Waals surface area contributed by atoms with Crippen molar-refractivity contribution in [2.45, 2.75) is 6.92 Å². The van der Waals surface area contributed by atoms with Crippen LogP contribution in [0.15, 0.2) is 51.8 Å². The summed E-state index contributed by atoms with van der Waals surface area (Å²) in [5.41, 5.74) is 3.66. The Bertz CT molecular complexity index is 1290. The first-order chi connectivity index (χ1) is 13.5. The predicted octanol–water partition coefficient (Wildman–Crippen LogP) is 4.23. The van der Waals surface area contributed by atoms with E-state index < -0.39 is 5.76 Å². The highest BCUT2D eigenvalue weighted by Gasteiger charge is 2.08. The molecule has 9 heteroatoms. The maximum atomic E-state index is 11.3. The van der Waals surface area contributed by atoms with E-state index in [1.165, 1.54) is 0 Å². The van der Waals surface area contributed by atoms with E-state index in [9.17, 15) is 4.79 Å². The number of H-pyrrole nitrogens is 1. The molecule has 2 aromatic heterocycles. The molecule has 8 nitrogen and oxygen atoms in total. The minimum Gasteiger partial charge on any atom is -0.408 e. The van der Waals surface area contributed by atoms with Gasteiger partial charge in [-0.25, -0.2) is 9.78 Å². The van der Waals surface area contributed by atoms with Crippen molar-refractivity contribution < 1.29 is 4.42 Å². The molecule has 2 aromatic carbocycles. The summed E-state index contributed by atoms with van der Waals surface area (Å²) in [4.78, 5) is 22.7. The molecule has 0 saturated heterocycles. The Kier molecular flexibility index (Phi) is 4.43. The first-order valence-electron chi connectivity index (χ1n) is 8.21. The molecule has 0 fully saturated rings. The molecule has 0 radical (unpaired) electrons.